The van der Waals surface area contributed by atoms with Gasteiger partial charge < -0.3 is 10.1 Å². The third-order valence-corrected chi connectivity index (χ3v) is 2.78. The average molecular weight is 232 g/mol. The second kappa shape index (κ2) is 3.61. The van der Waals surface area contributed by atoms with Crippen LogP contribution in [0.15, 0.2) is 18.2 Å². The van der Waals surface area contributed by atoms with E-state index in [4.69, 9.17) is 27.9 Å². The molecule has 1 fully saturated rings. The minimum Gasteiger partial charge on any atom is -0.483 e. The van der Waals surface area contributed by atoms with Gasteiger partial charge in [-0.25, -0.2) is 0 Å². The van der Waals surface area contributed by atoms with E-state index in [-0.39, 0.29) is 5.60 Å². The largest absolute Gasteiger partial charge is 0.483 e. The molecule has 0 aromatic heterocycles. The van der Waals surface area contributed by atoms with Crippen molar-refractivity contribution < 1.29 is 4.74 Å². The molecule has 1 N–H and O–H groups in total. The summed E-state index contributed by atoms with van der Waals surface area (Å²) in [6.07, 6.45) is 0. The minimum absolute atomic E-state index is 0.128. The SMILES string of the molecule is CC1(Oc2ccc(Cl)cc2Cl)CNC1. The van der Waals surface area contributed by atoms with Crippen molar-refractivity contribution in [2.45, 2.75) is 12.5 Å². The van der Waals surface area contributed by atoms with Gasteiger partial charge in [-0.3, -0.25) is 0 Å². The van der Waals surface area contributed by atoms with Crippen LogP contribution in [0.2, 0.25) is 10.0 Å². The third-order valence-electron chi connectivity index (χ3n) is 2.25. The molecule has 2 nitrogen and oxygen atoms in total. The Morgan fingerprint density at radius 2 is 2.07 bits per heavy atom. The van der Waals surface area contributed by atoms with E-state index in [1.54, 1.807) is 18.2 Å². The lowest BCUT2D eigenvalue weighted by Crippen LogP contribution is -2.61. The van der Waals surface area contributed by atoms with E-state index >= 15 is 0 Å². The second-order valence-corrected chi connectivity index (χ2v) is 4.57. The van der Waals surface area contributed by atoms with Gasteiger partial charge >= 0.3 is 0 Å². The highest BCUT2D eigenvalue weighted by Gasteiger charge is 2.34. The molecule has 1 aromatic carbocycles. The number of ether oxygens (including phenoxy) is 1. The van der Waals surface area contributed by atoms with Gasteiger partial charge in [-0.2, -0.15) is 0 Å². The van der Waals surface area contributed by atoms with Gasteiger partial charge in [-0.05, 0) is 25.1 Å². The first-order chi connectivity index (χ1) is 6.59. The van der Waals surface area contributed by atoms with Crippen LogP contribution in [0.1, 0.15) is 6.92 Å². The Morgan fingerprint density at radius 1 is 1.36 bits per heavy atom. The second-order valence-electron chi connectivity index (χ2n) is 3.73. The molecule has 76 valence electrons. The number of rotatable bonds is 2. The third kappa shape index (κ3) is 1.97. The van der Waals surface area contributed by atoms with Gasteiger partial charge in [-0.15, -0.1) is 0 Å². The predicted molar refractivity (Wildman–Crippen MR) is 58.4 cm³/mol. The lowest BCUT2D eigenvalue weighted by Gasteiger charge is -2.39. The smallest absolute Gasteiger partial charge is 0.138 e. The number of hydrogen-bond donors (Lipinski definition) is 1. The molecule has 1 saturated heterocycles. The molecule has 0 spiro atoms. The average Bonchev–Trinajstić information content (AvgIpc) is 2.07. The molecule has 0 amide bonds. The predicted octanol–water partition coefficient (Wildman–Crippen LogP) is 2.73. The fourth-order valence-electron chi connectivity index (χ4n) is 1.37. The van der Waals surface area contributed by atoms with E-state index < -0.39 is 0 Å². The summed E-state index contributed by atoms with van der Waals surface area (Å²) in [5.74, 6) is 0.695. The lowest BCUT2D eigenvalue weighted by atomic mass is 10.00. The summed E-state index contributed by atoms with van der Waals surface area (Å²) in [6, 6.07) is 5.26. The molecular weight excluding hydrogens is 221 g/mol. The van der Waals surface area contributed by atoms with E-state index in [9.17, 15) is 0 Å². The van der Waals surface area contributed by atoms with Crippen molar-refractivity contribution in [2.75, 3.05) is 13.1 Å². The maximum absolute atomic E-state index is 5.99. The normalized spacial score (nSPS) is 18.8. The lowest BCUT2D eigenvalue weighted by molar-refractivity contribution is 0.0350. The molecule has 1 heterocycles. The Morgan fingerprint density at radius 3 is 2.57 bits per heavy atom. The molecule has 0 unspecified atom stereocenters. The molecule has 1 aromatic rings. The number of nitrogens with one attached hydrogen (secondary N) is 1. The Bertz CT molecular complexity index is 350. The molecule has 1 aliphatic rings. The van der Waals surface area contributed by atoms with Crippen LogP contribution < -0.4 is 10.1 Å². The summed E-state index contributed by atoms with van der Waals surface area (Å²) in [6.45, 7) is 3.76. The highest BCUT2D eigenvalue weighted by Crippen LogP contribution is 2.31. The summed E-state index contributed by atoms with van der Waals surface area (Å²) < 4.78 is 5.77. The summed E-state index contributed by atoms with van der Waals surface area (Å²) >= 11 is 11.8. The summed E-state index contributed by atoms with van der Waals surface area (Å²) in [4.78, 5) is 0. The van der Waals surface area contributed by atoms with E-state index in [0.717, 1.165) is 13.1 Å². The summed E-state index contributed by atoms with van der Waals surface area (Å²) in [7, 11) is 0. The molecule has 0 radical (unpaired) electrons. The summed E-state index contributed by atoms with van der Waals surface area (Å²) in [5, 5.41) is 4.34. The first-order valence-electron chi connectivity index (χ1n) is 4.44. The zero-order valence-electron chi connectivity index (χ0n) is 7.81. The van der Waals surface area contributed by atoms with Crippen molar-refractivity contribution in [3.05, 3.63) is 28.2 Å². The van der Waals surface area contributed by atoms with Crippen LogP contribution in [0.25, 0.3) is 0 Å². The molecular formula is C10H11Cl2NO. The zero-order valence-corrected chi connectivity index (χ0v) is 9.32. The maximum Gasteiger partial charge on any atom is 0.138 e. The first kappa shape index (κ1) is 10.1. The fourth-order valence-corrected chi connectivity index (χ4v) is 1.82. The van der Waals surface area contributed by atoms with Gasteiger partial charge in [0.05, 0.1) is 5.02 Å². The van der Waals surface area contributed by atoms with Crippen LogP contribution in [0.4, 0.5) is 0 Å². The zero-order chi connectivity index (χ0) is 10.2. The summed E-state index contributed by atoms with van der Waals surface area (Å²) in [5.41, 5.74) is -0.128. The molecule has 2 rings (SSSR count). The fraction of sp³-hybridized carbons (Fsp3) is 0.400. The van der Waals surface area contributed by atoms with Gasteiger partial charge in [0.25, 0.3) is 0 Å². The Balaban J connectivity index is 2.16. The molecule has 0 bridgehead atoms. The first-order valence-corrected chi connectivity index (χ1v) is 5.19. The maximum atomic E-state index is 5.99. The van der Waals surface area contributed by atoms with Gasteiger partial charge in [0, 0.05) is 18.1 Å². The minimum atomic E-state index is -0.128. The van der Waals surface area contributed by atoms with Crippen LogP contribution >= 0.6 is 23.2 Å². The van der Waals surface area contributed by atoms with Crippen molar-refractivity contribution >= 4 is 23.2 Å². The van der Waals surface area contributed by atoms with Gasteiger partial charge in [0.1, 0.15) is 11.4 Å². The Labute approximate surface area is 93.2 Å². The number of hydrogen-bond acceptors (Lipinski definition) is 2. The van der Waals surface area contributed by atoms with E-state index in [2.05, 4.69) is 12.2 Å². The van der Waals surface area contributed by atoms with Crippen LogP contribution in [0.5, 0.6) is 5.75 Å². The van der Waals surface area contributed by atoms with Crippen LogP contribution in [0, 0.1) is 0 Å². The molecule has 0 aliphatic carbocycles. The van der Waals surface area contributed by atoms with E-state index in [0.29, 0.717) is 15.8 Å². The molecule has 1 aliphatic heterocycles. The van der Waals surface area contributed by atoms with Crippen LogP contribution in [-0.2, 0) is 0 Å². The molecule has 0 atom stereocenters. The molecule has 0 saturated carbocycles. The molecule has 4 heteroatoms. The van der Waals surface area contributed by atoms with Gasteiger partial charge in [0.15, 0.2) is 0 Å². The van der Waals surface area contributed by atoms with Gasteiger partial charge in [0.2, 0.25) is 0 Å². The van der Waals surface area contributed by atoms with Crippen molar-refractivity contribution in [3.63, 3.8) is 0 Å². The standard InChI is InChI=1S/C10H11Cl2NO/c1-10(5-13-6-10)14-9-3-2-7(11)4-8(9)12/h2-4,13H,5-6H2,1H3. The topological polar surface area (TPSA) is 21.3 Å². The number of benzene rings is 1. The number of halogens is 2. The van der Waals surface area contributed by atoms with E-state index in [1.807, 2.05) is 0 Å². The van der Waals surface area contributed by atoms with E-state index in [1.165, 1.54) is 0 Å². The Kier molecular flexibility index (Phi) is 2.60. The Hall–Kier alpha value is -0.440. The van der Waals surface area contributed by atoms with Crippen molar-refractivity contribution in [2.24, 2.45) is 0 Å². The quantitative estimate of drug-likeness (QED) is 0.846. The molecule has 14 heavy (non-hydrogen) atoms. The highest BCUT2D eigenvalue weighted by atomic mass is 35.5. The van der Waals surface area contributed by atoms with Crippen molar-refractivity contribution in [1.82, 2.24) is 5.32 Å². The highest BCUT2D eigenvalue weighted by molar-refractivity contribution is 6.35. The van der Waals surface area contributed by atoms with Gasteiger partial charge in [-0.1, -0.05) is 23.2 Å². The van der Waals surface area contributed by atoms with Crippen molar-refractivity contribution in [1.29, 1.82) is 0 Å². The monoisotopic (exact) mass is 231 g/mol. The van der Waals surface area contributed by atoms with Crippen molar-refractivity contribution in [3.8, 4) is 5.75 Å². The van der Waals surface area contributed by atoms with Crippen LogP contribution in [0.3, 0.4) is 0 Å². The van der Waals surface area contributed by atoms with Crippen LogP contribution in [-0.4, -0.2) is 18.7 Å².